The maximum absolute atomic E-state index is 12.6. The second kappa shape index (κ2) is 6.72. The molecule has 3 atom stereocenters. The summed E-state index contributed by atoms with van der Waals surface area (Å²) in [5.74, 6) is -0.602. The van der Waals surface area contributed by atoms with Crippen LogP contribution in [0, 0.1) is 0 Å². The van der Waals surface area contributed by atoms with E-state index in [4.69, 9.17) is 9.47 Å². The van der Waals surface area contributed by atoms with Gasteiger partial charge >= 0.3 is 5.97 Å². The number of hydrogen-bond acceptors (Lipinski definition) is 4. The molecule has 5 heteroatoms. The molecule has 1 aliphatic heterocycles. The topological polar surface area (TPSA) is 55.8 Å². The van der Waals surface area contributed by atoms with E-state index in [1.54, 1.807) is 4.90 Å². The average molecular weight is 291 g/mol. The third-order valence-electron chi connectivity index (χ3n) is 4.05. The van der Waals surface area contributed by atoms with Gasteiger partial charge in [-0.15, -0.1) is 0 Å². The molecule has 1 amide bonds. The molecule has 0 bridgehead atoms. The fourth-order valence-electron chi connectivity index (χ4n) is 2.65. The molecule has 1 saturated heterocycles. The quantitative estimate of drug-likeness (QED) is 0.773. The van der Waals surface area contributed by atoms with Crippen LogP contribution in [-0.4, -0.2) is 49.7 Å². The van der Waals surface area contributed by atoms with Crippen LogP contribution in [0.3, 0.4) is 0 Å². The number of carbonyl (C=O) groups excluding carboxylic acids is 2. The van der Waals surface area contributed by atoms with Gasteiger partial charge in [-0.3, -0.25) is 4.79 Å². The van der Waals surface area contributed by atoms with E-state index in [2.05, 4.69) is 0 Å². The van der Waals surface area contributed by atoms with E-state index < -0.39 is 12.1 Å². The lowest BCUT2D eigenvalue weighted by atomic mass is 9.92. The molecule has 2 rings (SSSR count). The average Bonchev–Trinajstić information content (AvgIpc) is 2.47. The summed E-state index contributed by atoms with van der Waals surface area (Å²) in [6.07, 6.45) is 0.0500. The summed E-state index contributed by atoms with van der Waals surface area (Å²) in [5, 5.41) is 0. The minimum Gasteiger partial charge on any atom is -0.467 e. The van der Waals surface area contributed by atoms with Gasteiger partial charge in [-0.2, -0.15) is 0 Å². The van der Waals surface area contributed by atoms with Gasteiger partial charge in [-0.25, -0.2) is 4.79 Å². The highest BCUT2D eigenvalue weighted by Crippen LogP contribution is 2.27. The lowest BCUT2D eigenvalue weighted by Crippen LogP contribution is -2.59. The lowest BCUT2D eigenvalue weighted by molar-refractivity contribution is -0.165. The molecule has 21 heavy (non-hydrogen) atoms. The molecule has 1 aromatic rings. The summed E-state index contributed by atoms with van der Waals surface area (Å²) in [6.45, 7) is 2.52. The number of carbonyl (C=O) groups is 2. The van der Waals surface area contributed by atoms with Crippen LogP contribution in [0.1, 0.15) is 24.8 Å². The summed E-state index contributed by atoms with van der Waals surface area (Å²) in [7, 11) is 2.86. The number of rotatable bonds is 5. The summed E-state index contributed by atoms with van der Waals surface area (Å²) < 4.78 is 10.1. The minimum atomic E-state index is -0.597. The predicted molar refractivity (Wildman–Crippen MR) is 77.8 cm³/mol. The standard InChI is InChI=1S/C16H21NO4/c1-11(12-7-5-4-6-8-12)14(20-2)15(18)17-10-9-13(17)16(19)21-3/h4-8,11,13-14H,9-10H2,1-3H3. The number of methoxy groups -OCH3 is 2. The van der Waals surface area contributed by atoms with Crippen molar-refractivity contribution in [3.63, 3.8) is 0 Å². The molecule has 1 fully saturated rings. The first-order valence-corrected chi connectivity index (χ1v) is 7.06. The second-order valence-corrected chi connectivity index (χ2v) is 5.21. The molecule has 1 heterocycles. The first-order valence-electron chi connectivity index (χ1n) is 7.06. The fraction of sp³-hybridized carbons (Fsp3) is 0.500. The molecule has 1 aliphatic rings. The van der Waals surface area contributed by atoms with Gasteiger partial charge in [-0.1, -0.05) is 37.3 Å². The van der Waals surface area contributed by atoms with Gasteiger partial charge in [0, 0.05) is 19.6 Å². The van der Waals surface area contributed by atoms with E-state index in [0.29, 0.717) is 13.0 Å². The van der Waals surface area contributed by atoms with Crippen LogP contribution in [0.2, 0.25) is 0 Å². The Bertz CT molecular complexity index is 502. The maximum Gasteiger partial charge on any atom is 0.328 e. The molecular formula is C16H21NO4. The minimum absolute atomic E-state index is 0.0809. The van der Waals surface area contributed by atoms with Gasteiger partial charge in [0.15, 0.2) is 0 Å². The summed E-state index contributed by atoms with van der Waals surface area (Å²) in [6, 6.07) is 9.27. The Morgan fingerprint density at radius 2 is 1.90 bits per heavy atom. The van der Waals surface area contributed by atoms with Crippen molar-refractivity contribution in [2.45, 2.75) is 31.4 Å². The first-order chi connectivity index (χ1) is 10.1. The monoisotopic (exact) mass is 291 g/mol. The van der Waals surface area contributed by atoms with Gasteiger partial charge < -0.3 is 14.4 Å². The number of benzene rings is 1. The molecule has 0 radical (unpaired) electrons. The molecule has 0 aromatic heterocycles. The number of ether oxygens (including phenoxy) is 2. The molecule has 114 valence electrons. The van der Waals surface area contributed by atoms with E-state index in [-0.39, 0.29) is 17.8 Å². The molecule has 0 aliphatic carbocycles. The number of esters is 1. The van der Waals surface area contributed by atoms with Crippen molar-refractivity contribution < 1.29 is 19.1 Å². The Morgan fingerprint density at radius 1 is 1.24 bits per heavy atom. The van der Waals surface area contributed by atoms with Gasteiger partial charge in [0.1, 0.15) is 12.1 Å². The largest absolute Gasteiger partial charge is 0.467 e. The molecule has 3 unspecified atom stereocenters. The summed E-state index contributed by atoms with van der Waals surface area (Å²) >= 11 is 0. The van der Waals surface area contributed by atoms with Crippen molar-refractivity contribution in [1.29, 1.82) is 0 Å². The molecule has 0 spiro atoms. The van der Waals surface area contributed by atoms with Gasteiger partial charge in [0.05, 0.1) is 7.11 Å². The van der Waals surface area contributed by atoms with Crippen LogP contribution in [0.5, 0.6) is 0 Å². The highest BCUT2D eigenvalue weighted by molar-refractivity contribution is 5.89. The SMILES string of the molecule is COC(=O)C1CCN1C(=O)C(OC)C(C)c1ccccc1. The van der Waals surface area contributed by atoms with Crippen molar-refractivity contribution in [2.75, 3.05) is 20.8 Å². The van der Waals surface area contributed by atoms with Gasteiger partial charge in [0.2, 0.25) is 0 Å². The molecule has 1 aromatic carbocycles. The maximum atomic E-state index is 12.6. The third-order valence-corrected chi connectivity index (χ3v) is 4.05. The van der Waals surface area contributed by atoms with Gasteiger partial charge in [-0.05, 0) is 12.0 Å². The number of amides is 1. The van der Waals surface area contributed by atoms with Crippen molar-refractivity contribution in [2.24, 2.45) is 0 Å². The Labute approximate surface area is 124 Å². The van der Waals surface area contributed by atoms with Crippen LogP contribution in [0.15, 0.2) is 30.3 Å². The second-order valence-electron chi connectivity index (χ2n) is 5.21. The summed E-state index contributed by atoms with van der Waals surface area (Å²) in [5.41, 5.74) is 1.04. The highest BCUT2D eigenvalue weighted by Gasteiger charge is 2.42. The zero-order chi connectivity index (χ0) is 15.4. The van der Waals surface area contributed by atoms with E-state index in [0.717, 1.165) is 5.56 Å². The number of hydrogen-bond donors (Lipinski definition) is 0. The third kappa shape index (κ3) is 3.08. The van der Waals surface area contributed by atoms with Crippen LogP contribution < -0.4 is 0 Å². The van der Waals surface area contributed by atoms with E-state index >= 15 is 0 Å². The normalized spacial score (nSPS) is 20.3. The molecular weight excluding hydrogens is 270 g/mol. The van der Waals surface area contributed by atoms with Crippen LogP contribution >= 0.6 is 0 Å². The van der Waals surface area contributed by atoms with E-state index in [1.165, 1.54) is 14.2 Å². The fourth-order valence-corrected chi connectivity index (χ4v) is 2.65. The number of nitrogens with zero attached hydrogens (tertiary/aromatic N) is 1. The van der Waals surface area contributed by atoms with Crippen molar-refractivity contribution in [3.05, 3.63) is 35.9 Å². The first kappa shape index (κ1) is 15.5. The Hall–Kier alpha value is -1.88. The van der Waals surface area contributed by atoms with E-state index in [9.17, 15) is 9.59 Å². The summed E-state index contributed by atoms with van der Waals surface area (Å²) in [4.78, 5) is 25.7. The Balaban J connectivity index is 2.10. The Morgan fingerprint density at radius 3 is 2.38 bits per heavy atom. The van der Waals surface area contributed by atoms with Crippen LogP contribution in [0.4, 0.5) is 0 Å². The van der Waals surface area contributed by atoms with Crippen LogP contribution in [-0.2, 0) is 19.1 Å². The van der Waals surface area contributed by atoms with Crippen molar-refractivity contribution >= 4 is 11.9 Å². The highest BCUT2D eigenvalue weighted by atomic mass is 16.5. The smallest absolute Gasteiger partial charge is 0.328 e. The predicted octanol–water partition coefficient (Wildman–Crippen LogP) is 1.58. The van der Waals surface area contributed by atoms with E-state index in [1.807, 2.05) is 37.3 Å². The molecule has 0 N–H and O–H groups in total. The van der Waals surface area contributed by atoms with Crippen LogP contribution in [0.25, 0.3) is 0 Å². The van der Waals surface area contributed by atoms with Crippen molar-refractivity contribution in [3.8, 4) is 0 Å². The van der Waals surface area contributed by atoms with Crippen molar-refractivity contribution in [1.82, 2.24) is 4.90 Å². The Kier molecular flexibility index (Phi) is 4.96. The van der Waals surface area contributed by atoms with Gasteiger partial charge in [0.25, 0.3) is 5.91 Å². The molecule has 5 nitrogen and oxygen atoms in total. The zero-order valence-corrected chi connectivity index (χ0v) is 12.6. The lowest BCUT2D eigenvalue weighted by Gasteiger charge is -2.41. The zero-order valence-electron chi connectivity index (χ0n) is 12.6. The molecule has 0 saturated carbocycles. The number of likely N-dealkylation sites (tertiary alicyclic amines) is 1.